The summed E-state index contributed by atoms with van der Waals surface area (Å²) < 4.78 is 15.6. The van der Waals surface area contributed by atoms with Crippen molar-refractivity contribution >= 4 is 27.9 Å². The molecule has 6 rings (SSSR count). The zero-order valence-corrected chi connectivity index (χ0v) is 17.2. The number of aromatic nitrogens is 8. The summed E-state index contributed by atoms with van der Waals surface area (Å²) in [5, 5.41) is 7.32. The minimum atomic E-state index is -0.457. The molecule has 1 fully saturated rings. The first-order valence-corrected chi connectivity index (χ1v) is 10.3. The van der Waals surface area contributed by atoms with Gasteiger partial charge in [0.1, 0.15) is 23.4 Å². The number of aromatic amines is 2. The fourth-order valence-corrected chi connectivity index (χ4v) is 4.09. The zero-order chi connectivity index (χ0) is 21.7. The molecule has 2 N–H and O–H groups in total. The molecule has 6 heterocycles. The van der Waals surface area contributed by atoms with Gasteiger partial charge in [-0.15, -0.1) is 0 Å². The molecular formula is C21H19FN10. The SMILES string of the molecule is CN1CCN(c2ccnc3nc(-c4[nH]nc5ncc(-c6cncnc6)c(F)c45)[nH]c23)CC1. The van der Waals surface area contributed by atoms with Gasteiger partial charge >= 0.3 is 0 Å². The topological polar surface area (TPSA) is 115 Å². The standard InChI is InChI=1S/C21H19FN10/c1-31-4-6-32(7-5-31)14-2-3-25-20-17(14)27-21(28-20)18-15-16(22)13(10-26-19(15)30-29-18)12-8-23-11-24-9-12/h2-3,8-11H,4-7H2,1H3,(H,25,27,28)(H,26,29,30). The lowest BCUT2D eigenvalue weighted by Crippen LogP contribution is -2.44. The number of nitrogens with one attached hydrogen (secondary N) is 2. The van der Waals surface area contributed by atoms with E-state index in [2.05, 4.69) is 56.9 Å². The van der Waals surface area contributed by atoms with Crippen LogP contribution in [0.4, 0.5) is 10.1 Å². The fourth-order valence-electron chi connectivity index (χ4n) is 4.09. The number of hydrogen-bond donors (Lipinski definition) is 2. The Balaban J connectivity index is 1.48. The molecule has 5 aromatic heterocycles. The number of fused-ring (bicyclic) bond motifs is 2. The van der Waals surface area contributed by atoms with E-state index in [0.29, 0.717) is 28.3 Å². The highest BCUT2D eigenvalue weighted by Gasteiger charge is 2.22. The third-order valence-corrected chi connectivity index (χ3v) is 5.84. The maximum atomic E-state index is 15.6. The van der Waals surface area contributed by atoms with E-state index in [-0.39, 0.29) is 11.0 Å². The van der Waals surface area contributed by atoms with Crippen LogP contribution in [0.3, 0.4) is 0 Å². The third-order valence-electron chi connectivity index (χ3n) is 5.84. The van der Waals surface area contributed by atoms with Crippen molar-refractivity contribution in [3.8, 4) is 22.6 Å². The molecule has 0 unspecified atom stereocenters. The number of pyridine rings is 2. The summed E-state index contributed by atoms with van der Waals surface area (Å²) in [7, 11) is 2.12. The monoisotopic (exact) mass is 430 g/mol. The molecule has 0 radical (unpaired) electrons. The van der Waals surface area contributed by atoms with E-state index in [1.165, 1.54) is 12.5 Å². The van der Waals surface area contributed by atoms with Crippen LogP contribution in [0.1, 0.15) is 0 Å². The second-order valence-corrected chi connectivity index (χ2v) is 7.81. The molecule has 1 aliphatic rings. The molecule has 0 saturated carbocycles. The largest absolute Gasteiger partial charge is 0.367 e. The van der Waals surface area contributed by atoms with Crippen molar-refractivity contribution in [3.63, 3.8) is 0 Å². The fraction of sp³-hybridized carbons (Fsp3) is 0.238. The van der Waals surface area contributed by atoms with E-state index in [9.17, 15) is 0 Å². The van der Waals surface area contributed by atoms with Gasteiger partial charge in [0, 0.05) is 62.1 Å². The molecule has 11 heteroatoms. The maximum Gasteiger partial charge on any atom is 0.184 e. The molecule has 5 aromatic rings. The molecule has 32 heavy (non-hydrogen) atoms. The van der Waals surface area contributed by atoms with Crippen molar-refractivity contribution in [2.45, 2.75) is 0 Å². The summed E-state index contributed by atoms with van der Waals surface area (Å²) in [6.45, 7) is 3.80. The Morgan fingerprint density at radius 3 is 2.62 bits per heavy atom. The molecule has 160 valence electrons. The van der Waals surface area contributed by atoms with Crippen LogP contribution in [0.2, 0.25) is 0 Å². The number of halogens is 1. The van der Waals surface area contributed by atoms with Crippen molar-refractivity contribution in [2.24, 2.45) is 0 Å². The van der Waals surface area contributed by atoms with Crippen LogP contribution < -0.4 is 4.90 Å². The summed E-state index contributed by atoms with van der Waals surface area (Å²) in [5.41, 5.74) is 3.95. The van der Waals surface area contributed by atoms with Crippen LogP contribution >= 0.6 is 0 Å². The summed E-state index contributed by atoms with van der Waals surface area (Å²) in [4.78, 5) is 29.2. The Labute approximate surface area is 181 Å². The smallest absolute Gasteiger partial charge is 0.184 e. The van der Waals surface area contributed by atoms with Gasteiger partial charge in [0.25, 0.3) is 0 Å². The van der Waals surface area contributed by atoms with Gasteiger partial charge in [-0.2, -0.15) is 5.10 Å². The zero-order valence-electron chi connectivity index (χ0n) is 17.2. The maximum absolute atomic E-state index is 15.6. The van der Waals surface area contributed by atoms with E-state index in [1.807, 2.05) is 6.07 Å². The molecule has 0 atom stereocenters. The van der Waals surface area contributed by atoms with Crippen molar-refractivity contribution in [3.05, 3.63) is 43.0 Å². The molecule has 0 aromatic carbocycles. The lowest BCUT2D eigenvalue weighted by molar-refractivity contribution is 0.313. The Hall–Kier alpha value is -3.99. The van der Waals surface area contributed by atoms with Gasteiger partial charge in [-0.1, -0.05) is 0 Å². The molecule has 0 bridgehead atoms. The summed E-state index contributed by atoms with van der Waals surface area (Å²) in [6, 6.07) is 1.98. The molecule has 1 aliphatic heterocycles. The highest BCUT2D eigenvalue weighted by atomic mass is 19.1. The second-order valence-electron chi connectivity index (χ2n) is 7.81. The van der Waals surface area contributed by atoms with Gasteiger partial charge < -0.3 is 14.8 Å². The number of nitrogens with zero attached hydrogens (tertiary/aromatic N) is 8. The predicted molar refractivity (Wildman–Crippen MR) is 117 cm³/mol. The Bertz CT molecular complexity index is 1420. The highest BCUT2D eigenvalue weighted by Crippen LogP contribution is 2.33. The summed E-state index contributed by atoms with van der Waals surface area (Å²) >= 11 is 0. The number of H-pyrrole nitrogens is 2. The lowest BCUT2D eigenvalue weighted by Gasteiger charge is -2.34. The van der Waals surface area contributed by atoms with Crippen LogP contribution in [0, 0.1) is 5.82 Å². The van der Waals surface area contributed by atoms with Crippen LogP contribution in [0.5, 0.6) is 0 Å². The van der Waals surface area contributed by atoms with Crippen LogP contribution in [-0.2, 0) is 0 Å². The first-order valence-electron chi connectivity index (χ1n) is 10.3. The van der Waals surface area contributed by atoms with Gasteiger partial charge in [-0.25, -0.2) is 29.3 Å². The quantitative estimate of drug-likeness (QED) is 0.448. The summed E-state index contributed by atoms with van der Waals surface area (Å²) in [5.74, 6) is -0.00000402. The molecule has 0 amide bonds. The highest BCUT2D eigenvalue weighted by molar-refractivity contribution is 5.95. The number of hydrogen-bond acceptors (Lipinski definition) is 8. The van der Waals surface area contributed by atoms with Gasteiger partial charge in [0.15, 0.2) is 17.1 Å². The number of piperazine rings is 1. The van der Waals surface area contributed by atoms with E-state index in [1.54, 1.807) is 18.6 Å². The Kier molecular flexibility index (Phi) is 4.28. The van der Waals surface area contributed by atoms with Gasteiger partial charge in [-0.05, 0) is 13.1 Å². The van der Waals surface area contributed by atoms with Gasteiger partial charge in [0.2, 0.25) is 0 Å². The Morgan fingerprint density at radius 1 is 1.00 bits per heavy atom. The van der Waals surface area contributed by atoms with E-state index in [4.69, 9.17) is 0 Å². The van der Waals surface area contributed by atoms with Crippen LogP contribution in [0.15, 0.2) is 37.2 Å². The Morgan fingerprint density at radius 2 is 1.81 bits per heavy atom. The normalized spacial score (nSPS) is 15.1. The predicted octanol–water partition coefficient (Wildman–Crippen LogP) is 2.24. The molecule has 1 saturated heterocycles. The van der Waals surface area contributed by atoms with Gasteiger partial charge in [-0.3, -0.25) is 5.10 Å². The van der Waals surface area contributed by atoms with E-state index >= 15 is 4.39 Å². The van der Waals surface area contributed by atoms with Crippen LogP contribution in [-0.4, -0.2) is 78.2 Å². The van der Waals surface area contributed by atoms with E-state index < -0.39 is 5.82 Å². The molecule has 10 nitrogen and oxygen atoms in total. The first-order chi connectivity index (χ1) is 15.7. The van der Waals surface area contributed by atoms with Crippen molar-refractivity contribution in [1.82, 2.24) is 45.0 Å². The molecule has 0 spiro atoms. The molecular weight excluding hydrogens is 411 g/mol. The number of rotatable bonds is 3. The van der Waals surface area contributed by atoms with Crippen molar-refractivity contribution < 1.29 is 4.39 Å². The average Bonchev–Trinajstić information content (AvgIpc) is 3.45. The van der Waals surface area contributed by atoms with Crippen LogP contribution in [0.25, 0.3) is 44.8 Å². The van der Waals surface area contributed by atoms with Gasteiger partial charge in [0.05, 0.1) is 11.1 Å². The van der Waals surface area contributed by atoms with E-state index in [0.717, 1.165) is 37.4 Å². The average molecular weight is 430 g/mol. The molecule has 0 aliphatic carbocycles. The first kappa shape index (κ1) is 18.8. The second kappa shape index (κ2) is 7.31. The van der Waals surface area contributed by atoms with Crippen molar-refractivity contribution in [1.29, 1.82) is 0 Å². The third kappa shape index (κ3) is 2.97. The van der Waals surface area contributed by atoms with Crippen molar-refractivity contribution in [2.75, 3.05) is 38.1 Å². The number of likely N-dealkylation sites (N-methyl/N-ethyl adjacent to an activating group) is 1. The lowest BCUT2D eigenvalue weighted by atomic mass is 10.1. The number of imidazole rings is 1. The number of anilines is 1. The summed E-state index contributed by atoms with van der Waals surface area (Å²) in [6.07, 6.45) is 7.68. The minimum Gasteiger partial charge on any atom is -0.367 e. The minimum absolute atomic E-state index is 0.256.